The Bertz CT molecular complexity index is 507. The summed E-state index contributed by atoms with van der Waals surface area (Å²) in [7, 11) is 0. The predicted molar refractivity (Wildman–Crippen MR) is 60.8 cm³/mol. The molecule has 0 saturated carbocycles. The number of carboxylic acids is 1. The van der Waals surface area contributed by atoms with E-state index in [0.29, 0.717) is 5.76 Å². The number of hydrogen-bond acceptors (Lipinski definition) is 3. The van der Waals surface area contributed by atoms with E-state index in [1.165, 1.54) is 6.08 Å². The van der Waals surface area contributed by atoms with Gasteiger partial charge < -0.3 is 9.52 Å². The van der Waals surface area contributed by atoms with E-state index < -0.39 is 5.97 Å². The van der Waals surface area contributed by atoms with Crippen LogP contribution in [0.15, 0.2) is 39.7 Å². The normalized spacial score (nSPS) is 11.9. The van der Waals surface area contributed by atoms with E-state index in [4.69, 9.17) is 9.52 Å². The van der Waals surface area contributed by atoms with Crippen LogP contribution in [-0.2, 0) is 4.79 Å². The van der Waals surface area contributed by atoms with E-state index in [1.54, 1.807) is 6.07 Å². The smallest absolute Gasteiger partial charge is 0.342 e. The molecule has 0 saturated heterocycles. The van der Waals surface area contributed by atoms with Crippen LogP contribution >= 0.6 is 12.6 Å². The Morgan fingerprint density at radius 2 is 2.13 bits per heavy atom. The first kappa shape index (κ1) is 9.86. The van der Waals surface area contributed by atoms with Gasteiger partial charge in [0.15, 0.2) is 0 Å². The Kier molecular flexibility index (Phi) is 2.51. The van der Waals surface area contributed by atoms with Crippen molar-refractivity contribution in [2.45, 2.75) is 0 Å². The molecular formula is C11H8O3S. The van der Waals surface area contributed by atoms with Crippen molar-refractivity contribution >= 4 is 35.6 Å². The minimum Gasteiger partial charge on any atom is -0.477 e. The summed E-state index contributed by atoms with van der Waals surface area (Å²) in [5.41, 5.74) is 0.732. The van der Waals surface area contributed by atoms with Gasteiger partial charge >= 0.3 is 5.97 Å². The summed E-state index contributed by atoms with van der Waals surface area (Å²) in [4.78, 5) is 10.5. The molecule has 0 aliphatic heterocycles. The molecule has 2 rings (SSSR count). The van der Waals surface area contributed by atoms with Gasteiger partial charge in [-0.05, 0) is 12.1 Å². The van der Waals surface area contributed by atoms with Crippen molar-refractivity contribution in [1.82, 2.24) is 0 Å². The zero-order chi connectivity index (χ0) is 10.8. The van der Waals surface area contributed by atoms with Gasteiger partial charge in [-0.2, -0.15) is 0 Å². The van der Waals surface area contributed by atoms with Crippen LogP contribution in [0.1, 0.15) is 5.76 Å². The fourth-order valence-electron chi connectivity index (χ4n) is 1.27. The third-order valence-corrected chi connectivity index (χ3v) is 2.26. The second-order valence-electron chi connectivity index (χ2n) is 3.02. The molecule has 2 aromatic rings. The van der Waals surface area contributed by atoms with Gasteiger partial charge in [-0.3, -0.25) is 0 Å². The Morgan fingerprint density at radius 1 is 1.40 bits per heavy atom. The van der Waals surface area contributed by atoms with Crippen LogP contribution < -0.4 is 0 Å². The highest BCUT2D eigenvalue weighted by molar-refractivity contribution is 7.85. The number of rotatable bonds is 2. The van der Waals surface area contributed by atoms with Crippen molar-refractivity contribution in [3.63, 3.8) is 0 Å². The summed E-state index contributed by atoms with van der Waals surface area (Å²) in [6, 6.07) is 9.25. The predicted octanol–water partition coefficient (Wildman–Crippen LogP) is 2.79. The summed E-state index contributed by atoms with van der Waals surface area (Å²) in [5.74, 6) is -0.581. The molecular weight excluding hydrogens is 212 g/mol. The van der Waals surface area contributed by atoms with E-state index in [1.807, 2.05) is 24.3 Å². The fraction of sp³-hybridized carbons (Fsp3) is 0. The molecule has 1 heterocycles. The molecule has 0 fully saturated rings. The number of fused-ring (bicyclic) bond motifs is 1. The van der Waals surface area contributed by atoms with E-state index in [9.17, 15) is 4.79 Å². The van der Waals surface area contributed by atoms with Crippen molar-refractivity contribution in [2.75, 3.05) is 0 Å². The van der Waals surface area contributed by atoms with Gasteiger partial charge in [0.2, 0.25) is 0 Å². The van der Waals surface area contributed by atoms with Crippen LogP contribution in [0.3, 0.4) is 0 Å². The second-order valence-corrected chi connectivity index (χ2v) is 3.50. The Hall–Kier alpha value is -1.68. The lowest BCUT2D eigenvalue weighted by atomic mass is 10.2. The summed E-state index contributed by atoms with van der Waals surface area (Å²) < 4.78 is 5.40. The van der Waals surface area contributed by atoms with Crippen LogP contribution in [0, 0.1) is 0 Å². The average molecular weight is 220 g/mol. The monoisotopic (exact) mass is 220 g/mol. The number of benzene rings is 1. The first-order valence-corrected chi connectivity index (χ1v) is 4.74. The molecule has 0 bridgehead atoms. The fourth-order valence-corrected chi connectivity index (χ4v) is 1.40. The van der Waals surface area contributed by atoms with Gasteiger partial charge in [0.05, 0.1) is 4.91 Å². The maximum Gasteiger partial charge on any atom is 0.342 e. The molecule has 0 radical (unpaired) electrons. The van der Waals surface area contributed by atoms with Crippen LogP contribution in [0.4, 0.5) is 0 Å². The number of thiol groups is 1. The van der Waals surface area contributed by atoms with Gasteiger partial charge in [0.1, 0.15) is 11.3 Å². The summed E-state index contributed by atoms with van der Waals surface area (Å²) >= 11 is 3.82. The SMILES string of the molecule is O=C(O)C(S)=Cc1cc2ccccc2o1. The second kappa shape index (κ2) is 3.82. The Labute approximate surface area is 91.4 Å². The first-order valence-electron chi connectivity index (χ1n) is 4.29. The largest absolute Gasteiger partial charge is 0.477 e. The highest BCUT2D eigenvalue weighted by Crippen LogP contribution is 2.21. The van der Waals surface area contributed by atoms with Gasteiger partial charge in [-0.15, -0.1) is 12.6 Å². The summed E-state index contributed by atoms with van der Waals surface area (Å²) in [5, 5.41) is 9.57. The number of furan rings is 1. The molecule has 0 atom stereocenters. The van der Waals surface area contributed by atoms with Gasteiger partial charge in [-0.1, -0.05) is 18.2 Å². The van der Waals surface area contributed by atoms with Gasteiger partial charge in [0.25, 0.3) is 0 Å². The standard InChI is InChI=1S/C11H8O3S/c12-11(13)10(15)6-8-5-7-3-1-2-4-9(7)14-8/h1-6,15H,(H,12,13). The van der Waals surface area contributed by atoms with E-state index >= 15 is 0 Å². The quantitative estimate of drug-likeness (QED) is 0.604. The summed E-state index contributed by atoms with van der Waals surface area (Å²) in [6.07, 6.45) is 1.38. The van der Waals surface area contributed by atoms with Crippen LogP contribution in [0.25, 0.3) is 17.0 Å². The van der Waals surface area contributed by atoms with Crippen LogP contribution in [0.2, 0.25) is 0 Å². The Morgan fingerprint density at radius 3 is 2.80 bits per heavy atom. The minimum atomic E-state index is -1.07. The lowest BCUT2D eigenvalue weighted by Crippen LogP contribution is -1.92. The zero-order valence-electron chi connectivity index (χ0n) is 7.68. The maximum absolute atomic E-state index is 10.5. The summed E-state index contributed by atoms with van der Waals surface area (Å²) in [6.45, 7) is 0. The minimum absolute atomic E-state index is 0.0472. The maximum atomic E-state index is 10.5. The highest BCUT2D eigenvalue weighted by Gasteiger charge is 2.04. The van der Waals surface area contributed by atoms with Crippen LogP contribution in [0.5, 0.6) is 0 Å². The van der Waals surface area contributed by atoms with Crippen molar-refractivity contribution in [1.29, 1.82) is 0 Å². The number of para-hydroxylation sites is 1. The highest BCUT2D eigenvalue weighted by atomic mass is 32.1. The Balaban J connectivity index is 2.46. The number of carbonyl (C=O) groups is 1. The molecule has 0 amide bonds. The molecule has 1 N–H and O–H groups in total. The lowest BCUT2D eigenvalue weighted by molar-refractivity contribution is -0.131. The van der Waals surface area contributed by atoms with Gasteiger partial charge in [-0.25, -0.2) is 4.79 Å². The molecule has 15 heavy (non-hydrogen) atoms. The van der Waals surface area contributed by atoms with E-state index in [-0.39, 0.29) is 4.91 Å². The third kappa shape index (κ3) is 2.05. The zero-order valence-corrected chi connectivity index (χ0v) is 8.57. The topological polar surface area (TPSA) is 50.4 Å². The molecule has 3 nitrogen and oxygen atoms in total. The van der Waals surface area contributed by atoms with Crippen molar-refractivity contribution < 1.29 is 14.3 Å². The molecule has 76 valence electrons. The van der Waals surface area contributed by atoms with Crippen molar-refractivity contribution in [3.8, 4) is 0 Å². The molecule has 0 aliphatic carbocycles. The average Bonchev–Trinajstić information content (AvgIpc) is 2.59. The molecule has 4 heteroatoms. The molecule has 0 unspecified atom stereocenters. The number of aliphatic carboxylic acids is 1. The third-order valence-electron chi connectivity index (χ3n) is 1.94. The van der Waals surface area contributed by atoms with Gasteiger partial charge in [0, 0.05) is 11.5 Å². The number of hydrogen-bond donors (Lipinski definition) is 2. The lowest BCUT2D eigenvalue weighted by Gasteiger charge is -1.88. The van der Waals surface area contributed by atoms with Crippen molar-refractivity contribution in [2.24, 2.45) is 0 Å². The molecule has 1 aromatic carbocycles. The molecule has 1 aromatic heterocycles. The molecule has 0 spiro atoms. The van der Waals surface area contributed by atoms with Crippen molar-refractivity contribution in [3.05, 3.63) is 41.0 Å². The van der Waals surface area contributed by atoms with E-state index in [0.717, 1.165) is 11.0 Å². The number of carboxylic acid groups (broad SMARTS) is 1. The van der Waals surface area contributed by atoms with Crippen LogP contribution in [-0.4, -0.2) is 11.1 Å². The van der Waals surface area contributed by atoms with E-state index in [2.05, 4.69) is 12.6 Å². The molecule has 0 aliphatic rings. The first-order chi connectivity index (χ1) is 7.16.